The van der Waals surface area contributed by atoms with E-state index in [-0.39, 0.29) is 31.5 Å². The SMILES string of the molecule is [B]c1ccc(C(=O)CNC(=O)C2CN(C(=O)OC(C)(C)C)CN2C(=O)C(NC(=O)OC)C(C)C)cc1. The lowest BCUT2D eigenvalue weighted by Gasteiger charge is -2.29. The number of alkyl carbamates (subject to hydrolysis) is 1. The highest BCUT2D eigenvalue weighted by Crippen LogP contribution is 2.20. The van der Waals surface area contributed by atoms with E-state index in [0.717, 1.165) is 0 Å². The molecule has 12 heteroatoms. The summed E-state index contributed by atoms with van der Waals surface area (Å²) >= 11 is 0. The fourth-order valence-electron chi connectivity index (χ4n) is 3.49. The minimum Gasteiger partial charge on any atom is -0.453 e. The molecule has 2 unspecified atom stereocenters. The second-order valence-electron chi connectivity index (χ2n) is 9.79. The van der Waals surface area contributed by atoms with E-state index >= 15 is 0 Å². The van der Waals surface area contributed by atoms with Gasteiger partial charge in [-0.05, 0) is 26.7 Å². The number of methoxy groups -OCH3 is 1. The number of rotatable bonds is 7. The smallest absolute Gasteiger partial charge is 0.411 e. The van der Waals surface area contributed by atoms with Crippen molar-refractivity contribution in [2.75, 3.05) is 26.9 Å². The van der Waals surface area contributed by atoms with Crippen molar-refractivity contribution in [1.82, 2.24) is 20.4 Å². The fraction of sp³-hybridized carbons (Fsp3) is 0.542. The largest absolute Gasteiger partial charge is 0.453 e. The van der Waals surface area contributed by atoms with E-state index in [1.807, 2.05) is 0 Å². The van der Waals surface area contributed by atoms with Crippen molar-refractivity contribution in [2.45, 2.75) is 52.3 Å². The van der Waals surface area contributed by atoms with Crippen molar-refractivity contribution >= 4 is 43.1 Å². The summed E-state index contributed by atoms with van der Waals surface area (Å²) < 4.78 is 10.0. The molecule has 1 fully saturated rings. The van der Waals surface area contributed by atoms with Crippen LogP contribution in [0.25, 0.3) is 0 Å². The Morgan fingerprint density at radius 2 is 1.72 bits per heavy atom. The third kappa shape index (κ3) is 7.72. The van der Waals surface area contributed by atoms with Crippen LogP contribution in [0.3, 0.4) is 0 Å². The third-order valence-corrected chi connectivity index (χ3v) is 5.38. The highest BCUT2D eigenvalue weighted by Gasteiger charge is 2.44. The van der Waals surface area contributed by atoms with Gasteiger partial charge in [-0.3, -0.25) is 19.3 Å². The number of hydrogen-bond donors (Lipinski definition) is 2. The summed E-state index contributed by atoms with van der Waals surface area (Å²) in [6.45, 7) is 7.85. The standard InChI is InChI=1S/C24H33BN4O7/c1-14(2)19(27-22(33)35-6)21(32)29-13-28(23(34)36-24(3,4)5)12-17(29)20(31)26-11-18(30)15-7-9-16(25)10-8-15/h7-10,14,17,19H,11-13H2,1-6H3,(H,26,31)(H,27,33). The minimum absolute atomic E-state index is 0.147. The number of carbonyl (C=O) groups is 5. The first-order valence-corrected chi connectivity index (χ1v) is 11.5. The number of nitrogens with zero attached hydrogens (tertiary/aromatic N) is 2. The van der Waals surface area contributed by atoms with Crippen molar-refractivity contribution < 1.29 is 33.4 Å². The molecule has 0 aromatic heterocycles. The molecule has 11 nitrogen and oxygen atoms in total. The number of hydrogen-bond acceptors (Lipinski definition) is 7. The first-order chi connectivity index (χ1) is 16.7. The second kappa shape index (κ2) is 11.9. The maximum absolute atomic E-state index is 13.4. The number of carbonyl (C=O) groups excluding carboxylic acids is 5. The third-order valence-electron chi connectivity index (χ3n) is 5.38. The topological polar surface area (TPSA) is 134 Å². The van der Waals surface area contributed by atoms with Gasteiger partial charge in [-0.1, -0.05) is 43.6 Å². The van der Waals surface area contributed by atoms with Gasteiger partial charge in [0.2, 0.25) is 11.8 Å². The summed E-state index contributed by atoms with van der Waals surface area (Å²) in [5.74, 6) is -1.90. The summed E-state index contributed by atoms with van der Waals surface area (Å²) in [6, 6.07) is 4.13. The number of ether oxygens (including phenoxy) is 2. The molecule has 2 rings (SSSR count). The number of ketones is 1. The van der Waals surface area contributed by atoms with E-state index in [4.69, 9.17) is 12.6 Å². The molecule has 1 aliphatic heterocycles. The molecule has 4 amide bonds. The van der Waals surface area contributed by atoms with Gasteiger partial charge in [-0.2, -0.15) is 0 Å². The summed E-state index contributed by atoms with van der Waals surface area (Å²) in [7, 11) is 6.81. The molecular formula is C24H33BN4O7. The lowest BCUT2D eigenvalue weighted by Crippen LogP contribution is -2.56. The second-order valence-corrected chi connectivity index (χ2v) is 9.79. The molecule has 1 aromatic rings. The van der Waals surface area contributed by atoms with Crippen LogP contribution >= 0.6 is 0 Å². The van der Waals surface area contributed by atoms with Gasteiger partial charge in [-0.15, -0.1) is 0 Å². The summed E-state index contributed by atoms with van der Waals surface area (Å²) in [5.41, 5.74) is 0.0737. The Morgan fingerprint density at radius 1 is 1.11 bits per heavy atom. The van der Waals surface area contributed by atoms with E-state index in [0.29, 0.717) is 11.0 Å². The average molecular weight is 500 g/mol. The summed E-state index contributed by atoms with van der Waals surface area (Å²) in [6.07, 6.45) is -1.50. The Labute approximate surface area is 212 Å². The van der Waals surface area contributed by atoms with Gasteiger partial charge < -0.3 is 25.0 Å². The molecule has 1 saturated heterocycles. The van der Waals surface area contributed by atoms with Crippen LogP contribution in [0.1, 0.15) is 45.0 Å². The van der Waals surface area contributed by atoms with Crippen LogP contribution in [0.4, 0.5) is 9.59 Å². The monoisotopic (exact) mass is 500 g/mol. The van der Waals surface area contributed by atoms with E-state index in [1.54, 1.807) is 58.9 Å². The van der Waals surface area contributed by atoms with Crippen molar-refractivity contribution in [1.29, 1.82) is 0 Å². The molecule has 2 atom stereocenters. The van der Waals surface area contributed by atoms with Gasteiger partial charge in [0.15, 0.2) is 5.78 Å². The lowest BCUT2D eigenvalue weighted by molar-refractivity contribution is -0.140. The van der Waals surface area contributed by atoms with Crippen LogP contribution in [-0.2, 0) is 19.1 Å². The number of amides is 4. The molecule has 1 aliphatic rings. The van der Waals surface area contributed by atoms with Crippen LogP contribution in [0.5, 0.6) is 0 Å². The molecule has 0 aliphatic carbocycles. The summed E-state index contributed by atoms with van der Waals surface area (Å²) in [4.78, 5) is 65.9. The van der Waals surface area contributed by atoms with E-state index < -0.39 is 41.7 Å². The van der Waals surface area contributed by atoms with Gasteiger partial charge in [0.1, 0.15) is 32.2 Å². The first kappa shape index (κ1) is 28.7. The predicted octanol–water partition coefficient (Wildman–Crippen LogP) is 0.565. The van der Waals surface area contributed by atoms with Crippen molar-refractivity contribution in [3.63, 3.8) is 0 Å². The van der Waals surface area contributed by atoms with Crippen LogP contribution in [0.2, 0.25) is 0 Å². The fourth-order valence-corrected chi connectivity index (χ4v) is 3.49. The lowest BCUT2D eigenvalue weighted by atomic mass is 9.94. The normalized spacial score (nSPS) is 16.4. The van der Waals surface area contributed by atoms with Crippen molar-refractivity contribution in [2.24, 2.45) is 5.92 Å². The molecule has 36 heavy (non-hydrogen) atoms. The molecule has 0 saturated carbocycles. The molecule has 1 aromatic carbocycles. The Kier molecular flexibility index (Phi) is 9.49. The van der Waals surface area contributed by atoms with Crippen LogP contribution in [0, 0.1) is 5.92 Å². The maximum Gasteiger partial charge on any atom is 0.411 e. The van der Waals surface area contributed by atoms with Crippen LogP contribution in [0.15, 0.2) is 24.3 Å². The molecule has 194 valence electrons. The van der Waals surface area contributed by atoms with E-state index in [2.05, 4.69) is 15.4 Å². The van der Waals surface area contributed by atoms with Crippen LogP contribution in [-0.4, -0.2) is 92.0 Å². The molecular weight excluding hydrogens is 467 g/mol. The first-order valence-electron chi connectivity index (χ1n) is 11.5. The number of nitrogens with one attached hydrogen (secondary N) is 2. The van der Waals surface area contributed by atoms with Crippen LogP contribution < -0.4 is 16.1 Å². The maximum atomic E-state index is 13.4. The zero-order valence-electron chi connectivity index (χ0n) is 21.5. The van der Waals surface area contributed by atoms with E-state index in [9.17, 15) is 24.0 Å². The molecule has 2 N–H and O–H groups in total. The highest BCUT2D eigenvalue weighted by molar-refractivity contribution is 6.32. The molecule has 2 radical (unpaired) electrons. The van der Waals surface area contributed by atoms with Gasteiger partial charge in [-0.25, -0.2) is 9.59 Å². The average Bonchev–Trinajstić information content (AvgIpc) is 3.25. The number of benzene rings is 1. The van der Waals surface area contributed by atoms with Crippen molar-refractivity contribution in [3.05, 3.63) is 29.8 Å². The van der Waals surface area contributed by atoms with Gasteiger partial charge >= 0.3 is 12.2 Å². The Bertz CT molecular complexity index is 991. The predicted molar refractivity (Wildman–Crippen MR) is 132 cm³/mol. The highest BCUT2D eigenvalue weighted by atomic mass is 16.6. The zero-order chi connectivity index (χ0) is 27.2. The number of Topliss-reactive ketones (excluding diaryl/α,β-unsaturated/α-hetero) is 1. The Hall–Kier alpha value is -3.57. The quantitative estimate of drug-likeness (QED) is 0.413. The van der Waals surface area contributed by atoms with Gasteiger partial charge in [0.05, 0.1) is 20.2 Å². The van der Waals surface area contributed by atoms with Crippen molar-refractivity contribution in [3.8, 4) is 0 Å². The zero-order valence-corrected chi connectivity index (χ0v) is 21.5. The van der Waals surface area contributed by atoms with Gasteiger partial charge in [0.25, 0.3) is 0 Å². The Balaban J connectivity index is 2.22. The molecule has 0 spiro atoms. The minimum atomic E-state index is -1.11. The van der Waals surface area contributed by atoms with E-state index in [1.165, 1.54) is 16.9 Å². The molecule has 0 bridgehead atoms. The Morgan fingerprint density at radius 3 is 2.25 bits per heavy atom. The molecule has 1 heterocycles. The summed E-state index contributed by atoms with van der Waals surface area (Å²) in [5, 5.41) is 5.02. The van der Waals surface area contributed by atoms with Gasteiger partial charge in [0, 0.05) is 5.56 Å².